The lowest BCUT2D eigenvalue weighted by atomic mass is 10.0. The van der Waals surface area contributed by atoms with Gasteiger partial charge < -0.3 is 9.80 Å². The minimum atomic E-state index is 0.744. The summed E-state index contributed by atoms with van der Waals surface area (Å²) in [5, 5.41) is 4.90. The fourth-order valence-electron chi connectivity index (χ4n) is 8.28. The Morgan fingerprint density at radius 3 is 1.10 bits per heavy atom. The number of rotatable bonds is 10. The van der Waals surface area contributed by atoms with Crippen molar-refractivity contribution in [3.05, 3.63) is 248 Å². The highest BCUT2D eigenvalue weighted by atomic mass is 15.1. The molecule has 2 nitrogen and oxygen atoms in total. The number of hydrogen-bond donors (Lipinski definition) is 0. The van der Waals surface area contributed by atoms with Gasteiger partial charge in [-0.05, 0) is 98.2 Å². The van der Waals surface area contributed by atoms with Gasteiger partial charge in [-0.1, -0.05) is 194 Å². The quantitative estimate of drug-likeness (QED) is 0.137. The van der Waals surface area contributed by atoms with E-state index < -0.39 is 0 Å². The third-order valence-corrected chi connectivity index (χ3v) is 11.3. The number of nitrogens with zero attached hydrogens (tertiary/aromatic N) is 2. The highest BCUT2D eigenvalue weighted by molar-refractivity contribution is 5.99. The van der Waals surface area contributed by atoms with Gasteiger partial charge in [0.05, 0.1) is 5.69 Å². The van der Waals surface area contributed by atoms with Crippen LogP contribution in [0.5, 0.6) is 0 Å². The van der Waals surface area contributed by atoms with E-state index in [-0.39, 0.29) is 0 Å². The molecule has 0 bridgehead atoms. The van der Waals surface area contributed by atoms with Crippen molar-refractivity contribution in [3.63, 3.8) is 0 Å². The topological polar surface area (TPSA) is 6.48 Å². The van der Waals surface area contributed by atoms with Crippen LogP contribution in [0.15, 0.2) is 243 Å². The predicted octanol–water partition coefficient (Wildman–Crippen LogP) is 15.8. The second kappa shape index (κ2) is 16.1. The van der Waals surface area contributed by atoms with Crippen molar-refractivity contribution >= 4 is 50.0 Å². The third-order valence-electron chi connectivity index (χ3n) is 11.3. The summed E-state index contributed by atoms with van der Waals surface area (Å²) >= 11 is 0. The first-order chi connectivity index (χ1) is 29.2. The van der Waals surface area contributed by atoms with E-state index >= 15 is 0 Å². The maximum absolute atomic E-state index is 2.44. The molecule has 0 saturated heterocycles. The van der Waals surface area contributed by atoms with Crippen LogP contribution < -0.4 is 9.80 Å². The summed E-state index contributed by atoms with van der Waals surface area (Å²) in [4.78, 5) is 4.82. The van der Waals surface area contributed by atoms with Crippen LogP contribution >= 0.6 is 0 Å². The molecule has 0 unspecified atom stereocenters. The molecule has 2 heteroatoms. The normalized spacial score (nSPS) is 11.1. The standard InChI is InChI=1S/C57H42N2/c1-3-13-43(14-4-1)45-27-25-42(26-28-45)41-58(56-23-11-19-49-17-7-9-21-54(49)56)51-35-29-47(30-36-51)48-33-39-53(40-34-48)59(57-24-12-20-50-18-8-10-22-55(50)57)52-37-31-46(32-38-52)44-15-5-2-6-16-44/h1-40H,41H2. The molecule has 0 aliphatic heterocycles. The molecule has 0 aliphatic rings. The molecule has 0 saturated carbocycles. The minimum Gasteiger partial charge on any atom is -0.336 e. The van der Waals surface area contributed by atoms with E-state index in [4.69, 9.17) is 0 Å². The van der Waals surface area contributed by atoms with Crippen molar-refractivity contribution in [2.75, 3.05) is 9.80 Å². The van der Waals surface area contributed by atoms with E-state index in [9.17, 15) is 0 Å². The Bertz CT molecular complexity index is 2960. The first kappa shape index (κ1) is 35.7. The van der Waals surface area contributed by atoms with Crippen molar-refractivity contribution < 1.29 is 0 Å². The first-order valence-corrected chi connectivity index (χ1v) is 20.3. The van der Waals surface area contributed by atoms with E-state index in [1.54, 1.807) is 0 Å². The van der Waals surface area contributed by atoms with Crippen molar-refractivity contribution in [3.8, 4) is 33.4 Å². The van der Waals surface area contributed by atoms with Crippen molar-refractivity contribution in [2.45, 2.75) is 6.54 Å². The monoisotopic (exact) mass is 754 g/mol. The average molecular weight is 755 g/mol. The summed E-state index contributed by atoms with van der Waals surface area (Å²) in [6.07, 6.45) is 0. The molecule has 0 amide bonds. The van der Waals surface area contributed by atoms with Gasteiger partial charge in [0.15, 0.2) is 0 Å². The Morgan fingerprint density at radius 2 is 0.610 bits per heavy atom. The van der Waals surface area contributed by atoms with Gasteiger partial charge in [0.2, 0.25) is 0 Å². The van der Waals surface area contributed by atoms with Gasteiger partial charge in [0.25, 0.3) is 0 Å². The zero-order chi connectivity index (χ0) is 39.4. The molecule has 59 heavy (non-hydrogen) atoms. The summed E-state index contributed by atoms with van der Waals surface area (Å²) in [7, 11) is 0. The van der Waals surface area contributed by atoms with E-state index in [1.165, 1.54) is 66.2 Å². The lowest BCUT2D eigenvalue weighted by Crippen LogP contribution is -2.16. The second-order valence-corrected chi connectivity index (χ2v) is 15.0. The molecule has 10 aromatic rings. The van der Waals surface area contributed by atoms with Gasteiger partial charge >= 0.3 is 0 Å². The lowest BCUT2D eigenvalue weighted by Gasteiger charge is -2.28. The van der Waals surface area contributed by atoms with Crippen LogP contribution in [0.3, 0.4) is 0 Å². The Morgan fingerprint density at radius 1 is 0.254 bits per heavy atom. The van der Waals surface area contributed by atoms with Crippen molar-refractivity contribution in [1.82, 2.24) is 0 Å². The predicted molar refractivity (Wildman–Crippen MR) is 251 cm³/mol. The third kappa shape index (κ3) is 7.36. The zero-order valence-electron chi connectivity index (χ0n) is 32.7. The highest BCUT2D eigenvalue weighted by Gasteiger charge is 2.17. The number of anilines is 5. The van der Waals surface area contributed by atoms with E-state index in [0.717, 1.165) is 29.3 Å². The second-order valence-electron chi connectivity index (χ2n) is 15.0. The maximum atomic E-state index is 2.44. The van der Waals surface area contributed by atoms with Crippen LogP contribution in [0.4, 0.5) is 28.4 Å². The van der Waals surface area contributed by atoms with E-state index in [2.05, 4.69) is 252 Å². The van der Waals surface area contributed by atoms with Crippen molar-refractivity contribution in [2.24, 2.45) is 0 Å². The summed E-state index contributed by atoms with van der Waals surface area (Å²) < 4.78 is 0. The summed E-state index contributed by atoms with van der Waals surface area (Å²) in [6, 6.07) is 87.5. The molecule has 280 valence electrons. The minimum absolute atomic E-state index is 0.744. The summed E-state index contributed by atoms with van der Waals surface area (Å²) in [6.45, 7) is 0.744. The molecule has 0 radical (unpaired) electrons. The van der Waals surface area contributed by atoms with E-state index in [0.29, 0.717) is 0 Å². The Kier molecular flexibility index (Phi) is 9.72. The Hall–Kier alpha value is -7.68. The molecular weight excluding hydrogens is 713 g/mol. The largest absolute Gasteiger partial charge is 0.336 e. The van der Waals surface area contributed by atoms with Crippen LogP contribution in [0.2, 0.25) is 0 Å². The van der Waals surface area contributed by atoms with Crippen LogP contribution in [-0.2, 0) is 6.54 Å². The SMILES string of the molecule is c1ccc(-c2ccc(CN(c3ccc(-c4ccc(N(c5ccc(-c6ccccc6)cc5)c5cccc6ccccc56)cc4)cc3)c3cccc4ccccc34)cc2)cc1. The highest BCUT2D eigenvalue weighted by Crippen LogP contribution is 2.41. The van der Waals surface area contributed by atoms with Crippen LogP contribution in [0, 0.1) is 0 Å². The Balaban J connectivity index is 0.978. The summed E-state index contributed by atoms with van der Waals surface area (Å²) in [5.41, 5.74) is 14.2. The Labute approximate surface area is 346 Å². The van der Waals surface area contributed by atoms with Gasteiger partial charge in [-0.15, -0.1) is 0 Å². The fraction of sp³-hybridized carbons (Fsp3) is 0.0175. The van der Waals surface area contributed by atoms with Gasteiger partial charge in [-0.2, -0.15) is 0 Å². The van der Waals surface area contributed by atoms with Gasteiger partial charge in [0, 0.05) is 40.1 Å². The molecule has 0 aliphatic carbocycles. The molecule has 0 fully saturated rings. The lowest BCUT2D eigenvalue weighted by molar-refractivity contribution is 0.981. The molecule has 0 aromatic heterocycles. The van der Waals surface area contributed by atoms with Crippen LogP contribution in [-0.4, -0.2) is 0 Å². The number of benzene rings is 10. The molecule has 10 rings (SSSR count). The molecule has 0 N–H and O–H groups in total. The first-order valence-electron chi connectivity index (χ1n) is 20.3. The van der Waals surface area contributed by atoms with Crippen LogP contribution in [0.25, 0.3) is 54.9 Å². The molecule has 0 heterocycles. The van der Waals surface area contributed by atoms with Crippen molar-refractivity contribution in [1.29, 1.82) is 0 Å². The smallest absolute Gasteiger partial charge is 0.0540 e. The molecule has 0 atom stereocenters. The zero-order valence-corrected chi connectivity index (χ0v) is 32.7. The van der Waals surface area contributed by atoms with Gasteiger partial charge in [0.1, 0.15) is 0 Å². The van der Waals surface area contributed by atoms with Crippen LogP contribution in [0.1, 0.15) is 5.56 Å². The maximum Gasteiger partial charge on any atom is 0.0540 e. The molecule has 10 aromatic carbocycles. The number of hydrogen-bond acceptors (Lipinski definition) is 2. The molecule has 0 spiro atoms. The fourth-order valence-corrected chi connectivity index (χ4v) is 8.28. The average Bonchev–Trinajstić information content (AvgIpc) is 3.32. The summed E-state index contributed by atoms with van der Waals surface area (Å²) in [5.74, 6) is 0. The van der Waals surface area contributed by atoms with E-state index in [1.807, 2.05) is 0 Å². The number of fused-ring (bicyclic) bond motifs is 2. The molecular formula is C57H42N2. The van der Waals surface area contributed by atoms with Gasteiger partial charge in [-0.3, -0.25) is 0 Å². The van der Waals surface area contributed by atoms with Gasteiger partial charge in [-0.25, -0.2) is 0 Å².